The molecule has 5 heterocycles. The van der Waals surface area contributed by atoms with E-state index >= 15 is 0 Å². The van der Waals surface area contributed by atoms with Crippen LogP contribution in [0.15, 0.2) is 60.9 Å². The van der Waals surface area contributed by atoms with Crippen molar-refractivity contribution in [3.63, 3.8) is 0 Å². The van der Waals surface area contributed by atoms with Crippen LogP contribution in [0.5, 0.6) is 0 Å². The molecule has 1 amide bonds. The molecule has 1 atom stereocenters. The Hall–Kier alpha value is -3.98. The molecule has 4 aromatic rings. The quantitative estimate of drug-likeness (QED) is 0.490. The lowest BCUT2D eigenvalue weighted by Gasteiger charge is -2.33. The third-order valence-electron chi connectivity index (χ3n) is 6.62. The summed E-state index contributed by atoms with van der Waals surface area (Å²) in [6.45, 7) is 4.62. The Morgan fingerprint density at radius 2 is 1.82 bits per heavy atom. The number of carbonyl (C=O) groups is 1. The molecule has 2 N–H and O–H groups in total. The topological polar surface area (TPSA) is 91.2 Å². The van der Waals surface area contributed by atoms with E-state index in [1.54, 1.807) is 6.20 Å². The standard InChI is InChI=1S/C25H26N8O/c1-31-9-11-32(12-10-31)19-7-8-22(26-15-19)29-25-28-14-18-13-20-24(34)27-16-21(33(20)23(18)30-25)17-5-3-2-4-6-17/h2-8,13-15,21H,9-12,16H2,1H3,(H,27,34)(H,26,28,29,30). The SMILES string of the molecule is CN1CCN(c2ccc(Nc3ncc4cc5n(c4n3)C(c3ccccc3)CNC5=O)nc2)CC1. The number of nitrogens with one attached hydrogen (secondary N) is 2. The molecule has 6 rings (SSSR count). The number of hydrogen-bond donors (Lipinski definition) is 2. The molecule has 3 aromatic heterocycles. The summed E-state index contributed by atoms with van der Waals surface area (Å²) in [7, 11) is 2.15. The van der Waals surface area contributed by atoms with Crippen LogP contribution in [0.3, 0.4) is 0 Å². The lowest BCUT2D eigenvalue weighted by molar-refractivity contribution is 0.0922. The van der Waals surface area contributed by atoms with Gasteiger partial charge in [-0.25, -0.2) is 9.97 Å². The summed E-state index contributed by atoms with van der Waals surface area (Å²) in [6, 6.07) is 16.0. The molecule has 9 nitrogen and oxygen atoms in total. The Bertz CT molecular complexity index is 1330. The molecule has 1 fully saturated rings. The van der Waals surface area contributed by atoms with Gasteiger partial charge < -0.3 is 25.0 Å². The zero-order chi connectivity index (χ0) is 23.1. The lowest BCUT2D eigenvalue weighted by atomic mass is 10.0. The zero-order valence-corrected chi connectivity index (χ0v) is 19.0. The zero-order valence-electron chi connectivity index (χ0n) is 19.0. The predicted octanol–water partition coefficient (Wildman–Crippen LogP) is 2.65. The van der Waals surface area contributed by atoms with Crippen molar-refractivity contribution in [1.82, 2.24) is 29.7 Å². The predicted molar refractivity (Wildman–Crippen MR) is 132 cm³/mol. The van der Waals surface area contributed by atoms with Crippen molar-refractivity contribution in [3.8, 4) is 0 Å². The van der Waals surface area contributed by atoms with Crippen LogP contribution < -0.4 is 15.5 Å². The maximum atomic E-state index is 12.6. The fraction of sp³-hybridized carbons (Fsp3) is 0.280. The molecule has 9 heteroatoms. The van der Waals surface area contributed by atoms with E-state index in [2.05, 4.69) is 55.6 Å². The molecule has 2 aliphatic heterocycles. The normalized spacial score (nSPS) is 18.6. The number of pyridine rings is 1. The maximum Gasteiger partial charge on any atom is 0.268 e. The number of aromatic nitrogens is 4. The van der Waals surface area contributed by atoms with Crippen LogP contribution in [0.2, 0.25) is 0 Å². The third-order valence-corrected chi connectivity index (χ3v) is 6.62. The Morgan fingerprint density at radius 1 is 1.00 bits per heavy atom. The summed E-state index contributed by atoms with van der Waals surface area (Å²) in [5.41, 5.74) is 3.56. The molecule has 2 aliphatic rings. The molecule has 1 aromatic carbocycles. The third kappa shape index (κ3) is 3.73. The molecule has 0 bridgehead atoms. The van der Waals surface area contributed by atoms with E-state index in [9.17, 15) is 4.79 Å². The Kier molecular flexibility index (Phi) is 5.10. The van der Waals surface area contributed by atoms with E-state index in [0.717, 1.165) is 48.5 Å². The number of benzene rings is 1. The summed E-state index contributed by atoms with van der Waals surface area (Å²) in [4.78, 5) is 31.1. The number of hydrogen-bond acceptors (Lipinski definition) is 7. The molecular weight excluding hydrogens is 428 g/mol. The number of piperazine rings is 1. The number of amides is 1. The van der Waals surface area contributed by atoms with Crippen LogP contribution in [-0.2, 0) is 0 Å². The van der Waals surface area contributed by atoms with Gasteiger partial charge in [0.25, 0.3) is 5.91 Å². The summed E-state index contributed by atoms with van der Waals surface area (Å²) >= 11 is 0. The van der Waals surface area contributed by atoms with Crippen molar-refractivity contribution in [2.24, 2.45) is 0 Å². The van der Waals surface area contributed by atoms with E-state index in [1.165, 1.54) is 0 Å². The van der Waals surface area contributed by atoms with Gasteiger partial charge in [0.15, 0.2) is 0 Å². The monoisotopic (exact) mass is 454 g/mol. The van der Waals surface area contributed by atoms with Crippen LogP contribution in [0.4, 0.5) is 17.5 Å². The number of fused-ring (bicyclic) bond motifs is 3. The molecule has 34 heavy (non-hydrogen) atoms. The summed E-state index contributed by atoms with van der Waals surface area (Å²) in [6.07, 6.45) is 3.64. The average molecular weight is 455 g/mol. The van der Waals surface area contributed by atoms with Crippen molar-refractivity contribution >= 4 is 34.4 Å². The van der Waals surface area contributed by atoms with Crippen molar-refractivity contribution < 1.29 is 4.79 Å². The van der Waals surface area contributed by atoms with Crippen LogP contribution in [0, 0.1) is 0 Å². The highest BCUT2D eigenvalue weighted by molar-refractivity contribution is 5.99. The van der Waals surface area contributed by atoms with Crippen molar-refractivity contribution in [1.29, 1.82) is 0 Å². The van der Waals surface area contributed by atoms with Gasteiger partial charge in [0, 0.05) is 44.3 Å². The summed E-state index contributed by atoms with van der Waals surface area (Å²) in [5.74, 6) is 1.03. The fourth-order valence-electron chi connectivity index (χ4n) is 4.70. The first-order valence-electron chi connectivity index (χ1n) is 11.5. The van der Waals surface area contributed by atoms with E-state index in [-0.39, 0.29) is 11.9 Å². The van der Waals surface area contributed by atoms with Crippen molar-refractivity contribution in [3.05, 3.63) is 72.2 Å². The average Bonchev–Trinajstić information content (AvgIpc) is 3.26. The van der Waals surface area contributed by atoms with Gasteiger partial charge in [0.2, 0.25) is 5.95 Å². The molecule has 0 aliphatic carbocycles. The molecule has 1 unspecified atom stereocenters. The number of anilines is 3. The minimum absolute atomic E-state index is 0.0323. The number of nitrogens with zero attached hydrogens (tertiary/aromatic N) is 6. The van der Waals surface area contributed by atoms with E-state index in [1.807, 2.05) is 41.1 Å². The maximum absolute atomic E-state index is 12.6. The number of rotatable bonds is 4. The van der Waals surface area contributed by atoms with Gasteiger partial charge >= 0.3 is 0 Å². The van der Waals surface area contributed by atoms with Gasteiger partial charge in [-0.05, 0) is 30.8 Å². The van der Waals surface area contributed by atoms with Crippen LogP contribution in [-0.4, -0.2) is 70.1 Å². The minimum atomic E-state index is -0.0964. The van der Waals surface area contributed by atoms with E-state index in [4.69, 9.17) is 4.98 Å². The minimum Gasteiger partial charge on any atom is -0.368 e. The second kappa shape index (κ2) is 8.42. The van der Waals surface area contributed by atoms with Crippen LogP contribution >= 0.6 is 0 Å². The highest BCUT2D eigenvalue weighted by atomic mass is 16.2. The van der Waals surface area contributed by atoms with E-state index < -0.39 is 0 Å². The van der Waals surface area contributed by atoms with Crippen LogP contribution in [0.25, 0.3) is 11.0 Å². The first kappa shape index (κ1) is 20.6. The smallest absolute Gasteiger partial charge is 0.268 e. The first-order chi connectivity index (χ1) is 16.7. The summed E-state index contributed by atoms with van der Waals surface area (Å²) < 4.78 is 2.01. The highest BCUT2D eigenvalue weighted by Gasteiger charge is 2.29. The van der Waals surface area contributed by atoms with Gasteiger partial charge in [0.1, 0.15) is 17.2 Å². The van der Waals surface area contributed by atoms with E-state index in [0.29, 0.717) is 24.0 Å². The Balaban J connectivity index is 1.29. The lowest BCUT2D eigenvalue weighted by Crippen LogP contribution is -2.44. The second-order valence-electron chi connectivity index (χ2n) is 8.83. The highest BCUT2D eigenvalue weighted by Crippen LogP contribution is 2.30. The summed E-state index contributed by atoms with van der Waals surface area (Å²) in [5, 5.41) is 7.05. The molecule has 0 spiro atoms. The Morgan fingerprint density at radius 3 is 2.59 bits per heavy atom. The molecular formula is C25H26N8O. The van der Waals surface area contributed by atoms with Gasteiger partial charge in [-0.2, -0.15) is 4.98 Å². The molecule has 0 radical (unpaired) electrons. The van der Waals surface area contributed by atoms with Gasteiger partial charge in [0.05, 0.1) is 17.9 Å². The van der Waals surface area contributed by atoms with Crippen molar-refractivity contribution in [2.45, 2.75) is 6.04 Å². The van der Waals surface area contributed by atoms with Crippen LogP contribution in [0.1, 0.15) is 22.1 Å². The van der Waals surface area contributed by atoms with Gasteiger partial charge in [-0.15, -0.1) is 0 Å². The first-order valence-corrected chi connectivity index (χ1v) is 11.5. The second-order valence-corrected chi connectivity index (χ2v) is 8.83. The number of likely N-dealkylation sites (N-methyl/N-ethyl adjacent to an activating group) is 1. The molecule has 0 saturated carbocycles. The Labute approximate surface area is 197 Å². The van der Waals surface area contributed by atoms with Crippen molar-refractivity contribution in [2.75, 3.05) is 50.0 Å². The molecule has 172 valence electrons. The fourth-order valence-corrected chi connectivity index (χ4v) is 4.70. The molecule has 1 saturated heterocycles. The largest absolute Gasteiger partial charge is 0.368 e. The number of carbonyl (C=O) groups excluding carboxylic acids is 1. The van der Waals surface area contributed by atoms with Gasteiger partial charge in [-0.1, -0.05) is 30.3 Å². The van der Waals surface area contributed by atoms with Gasteiger partial charge in [-0.3, -0.25) is 4.79 Å².